The number of hydrogen-bond acceptors (Lipinski definition) is 5. The average Bonchev–Trinajstić information content (AvgIpc) is 3.32. The van der Waals surface area contributed by atoms with Crippen molar-refractivity contribution in [2.24, 2.45) is 5.92 Å². The topological polar surface area (TPSA) is 51.4 Å². The lowest BCUT2D eigenvalue weighted by Crippen LogP contribution is -2.34. The van der Waals surface area contributed by atoms with Crippen LogP contribution in [-0.4, -0.2) is 23.3 Å². The van der Waals surface area contributed by atoms with Gasteiger partial charge in [-0.15, -0.1) is 10.2 Å². The lowest BCUT2D eigenvalue weighted by molar-refractivity contribution is 0.258. The molecular weight excluding hydrogens is 290 g/mol. The molecule has 1 aliphatic carbocycles. The quantitative estimate of drug-likeness (QED) is 0.841. The summed E-state index contributed by atoms with van der Waals surface area (Å²) < 4.78 is 11.7. The van der Waals surface area contributed by atoms with Gasteiger partial charge in [0, 0.05) is 19.0 Å². The molecule has 1 unspecified atom stereocenters. The van der Waals surface area contributed by atoms with Crippen molar-refractivity contribution >= 4 is 5.69 Å². The van der Waals surface area contributed by atoms with Crippen LogP contribution in [0, 0.1) is 5.92 Å². The summed E-state index contributed by atoms with van der Waals surface area (Å²) in [6.45, 7) is 4.83. The Morgan fingerprint density at radius 1 is 1.22 bits per heavy atom. The molecule has 0 spiro atoms. The zero-order valence-corrected chi connectivity index (χ0v) is 13.6. The zero-order chi connectivity index (χ0) is 15.6. The maximum absolute atomic E-state index is 5.99. The van der Waals surface area contributed by atoms with Crippen molar-refractivity contribution in [3.63, 3.8) is 0 Å². The van der Waals surface area contributed by atoms with E-state index in [2.05, 4.69) is 34.2 Å². The second kappa shape index (κ2) is 6.22. The normalized spacial score (nSPS) is 21.4. The first-order valence-corrected chi connectivity index (χ1v) is 8.58. The monoisotopic (exact) mass is 313 g/mol. The summed E-state index contributed by atoms with van der Waals surface area (Å²) in [6, 6.07) is 8.23. The van der Waals surface area contributed by atoms with E-state index in [1.807, 2.05) is 12.1 Å². The summed E-state index contributed by atoms with van der Waals surface area (Å²) in [5.41, 5.74) is 1.17. The van der Waals surface area contributed by atoms with E-state index in [0.717, 1.165) is 30.6 Å². The van der Waals surface area contributed by atoms with Crippen LogP contribution in [0.5, 0.6) is 5.75 Å². The summed E-state index contributed by atoms with van der Waals surface area (Å²) in [7, 11) is 0. The molecule has 5 nitrogen and oxygen atoms in total. The van der Waals surface area contributed by atoms with Crippen molar-refractivity contribution in [1.29, 1.82) is 0 Å². The maximum Gasteiger partial charge on any atom is 0.253 e. The van der Waals surface area contributed by atoms with Crippen LogP contribution >= 0.6 is 0 Å². The Hall–Kier alpha value is -2.04. The van der Waals surface area contributed by atoms with Crippen LogP contribution in [0.3, 0.4) is 0 Å². The number of piperidine rings is 1. The Bertz CT molecular complexity index is 666. The third-order valence-electron chi connectivity index (χ3n) is 4.62. The van der Waals surface area contributed by atoms with E-state index < -0.39 is 0 Å². The summed E-state index contributed by atoms with van der Waals surface area (Å²) in [5.74, 6) is 3.44. The molecule has 1 aliphatic heterocycles. The van der Waals surface area contributed by atoms with E-state index >= 15 is 0 Å². The van der Waals surface area contributed by atoms with Crippen LogP contribution in [-0.2, 0) is 6.61 Å². The minimum absolute atomic E-state index is 0.333. The molecule has 1 aromatic carbocycles. The van der Waals surface area contributed by atoms with Crippen molar-refractivity contribution in [2.45, 2.75) is 45.1 Å². The van der Waals surface area contributed by atoms with Gasteiger partial charge < -0.3 is 14.1 Å². The molecule has 23 heavy (non-hydrogen) atoms. The third kappa shape index (κ3) is 3.33. The smallest absolute Gasteiger partial charge is 0.253 e. The van der Waals surface area contributed by atoms with Gasteiger partial charge in [0.1, 0.15) is 5.75 Å². The van der Waals surface area contributed by atoms with Gasteiger partial charge in [-0.3, -0.25) is 0 Å². The van der Waals surface area contributed by atoms with E-state index in [4.69, 9.17) is 9.15 Å². The van der Waals surface area contributed by atoms with Crippen LogP contribution in [0.4, 0.5) is 5.69 Å². The minimum atomic E-state index is 0.333. The average molecular weight is 313 g/mol. The summed E-state index contributed by atoms with van der Waals surface area (Å²) in [4.78, 5) is 2.42. The van der Waals surface area contributed by atoms with Gasteiger partial charge in [-0.1, -0.05) is 19.1 Å². The van der Waals surface area contributed by atoms with Crippen LogP contribution in [0.15, 0.2) is 28.7 Å². The fraction of sp³-hybridized carbons (Fsp3) is 0.556. The first-order chi connectivity index (χ1) is 11.3. The van der Waals surface area contributed by atoms with E-state index in [1.165, 1.54) is 31.4 Å². The van der Waals surface area contributed by atoms with Gasteiger partial charge in [-0.25, -0.2) is 0 Å². The SMILES string of the molecule is CC1CCCN(c2ccccc2OCc2nnc(C3CC3)o2)C1. The van der Waals surface area contributed by atoms with Crippen molar-refractivity contribution in [2.75, 3.05) is 18.0 Å². The summed E-state index contributed by atoms with van der Waals surface area (Å²) in [5, 5.41) is 8.20. The molecule has 0 amide bonds. The molecule has 0 radical (unpaired) electrons. The molecule has 2 fully saturated rings. The van der Waals surface area contributed by atoms with Crippen LogP contribution in [0.25, 0.3) is 0 Å². The van der Waals surface area contributed by atoms with E-state index in [-0.39, 0.29) is 0 Å². The first kappa shape index (κ1) is 14.5. The standard InChI is InChI=1S/C18H23N3O2/c1-13-5-4-10-21(11-13)15-6-2-3-7-16(15)22-12-17-19-20-18(23-17)14-8-9-14/h2-3,6-7,13-14H,4-5,8-12H2,1H3. The molecule has 1 aromatic heterocycles. The molecule has 0 N–H and O–H groups in total. The van der Waals surface area contributed by atoms with Crippen molar-refractivity contribution in [1.82, 2.24) is 10.2 Å². The molecule has 5 heteroatoms. The van der Waals surface area contributed by atoms with Crippen molar-refractivity contribution in [3.8, 4) is 5.75 Å². The fourth-order valence-corrected chi connectivity index (χ4v) is 3.21. The lowest BCUT2D eigenvalue weighted by atomic mass is 9.99. The van der Waals surface area contributed by atoms with Gasteiger partial charge in [0.25, 0.3) is 5.89 Å². The summed E-state index contributed by atoms with van der Waals surface area (Å²) >= 11 is 0. The van der Waals surface area contributed by atoms with Crippen LogP contribution < -0.4 is 9.64 Å². The number of benzene rings is 1. The molecule has 2 aliphatic rings. The number of hydrogen-bond donors (Lipinski definition) is 0. The van der Waals surface area contributed by atoms with Gasteiger partial charge >= 0.3 is 0 Å². The highest BCUT2D eigenvalue weighted by molar-refractivity contribution is 5.58. The second-order valence-corrected chi connectivity index (χ2v) is 6.76. The van der Waals surface area contributed by atoms with Crippen molar-refractivity contribution in [3.05, 3.63) is 36.0 Å². The Kier molecular flexibility index (Phi) is 3.93. The van der Waals surface area contributed by atoms with E-state index in [9.17, 15) is 0 Å². The van der Waals surface area contributed by atoms with Crippen molar-refractivity contribution < 1.29 is 9.15 Å². The molecule has 1 saturated heterocycles. The van der Waals surface area contributed by atoms with Gasteiger partial charge in [0.15, 0.2) is 6.61 Å². The zero-order valence-electron chi connectivity index (χ0n) is 13.6. The number of rotatable bonds is 5. The predicted molar refractivity (Wildman–Crippen MR) is 87.7 cm³/mol. The van der Waals surface area contributed by atoms with Gasteiger partial charge in [-0.2, -0.15) is 0 Å². The highest BCUT2D eigenvalue weighted by Crippen LogP contribution is 2.39. The Labute approximate surface area is 136 Å². The molecule has 122 valence electrons. The molecule has 2 aromatic rings. The summed E-state index contributed by atoms with van der Waals surface area (Å²) in [6.07, 6.45) is 4.88. The molecule has 1 saturated carbocycles. The molecule has 1 atom stereocenters. The number of aromatic nitrogens is 2. The number of ether oxygens (including phenoxy) is 1. The van der Waals surface area contributed by atoms with Gasteiger partial charge in [0.05, 0.1) is 5.69 Å². The minimum Gasteiger partial charge on any atom is -0.482 e. The number of anilines is 1. The number of nitrogens with zero attached hydrogens (tertiary/aromatic N) is 3. The first-order valence-electron chi connectivity index (χ1n) is 8.58. The largest absolute Gasteiger partial charge is 0.482 e. The second-order valence-electron chi connectivity index (χ2n) is 6.76. The third-order valence-corrected chi connectivity index (χ3v) is 4.62. The van der Waals surface area contributed by atoms with Gasteiger partial charge in [0.2, 0.25) is 5.89 Å². The Balaban J connectivity index is 1.45. The molecular formula is C18H23N3O2. The fourth-order valence-electron chi connectivity index (χ4n) is 3.21. The predicted octanol–water partition coefficient (Wildman–Crippen LogP) is 3.76. The molecule has 2 heterocycles. The highest BCUT2D eigenvalue weighted by atomic mass is 16.5. The van der Waals surface area contributed by atoms with Crippen LogP contribution in [0.1, 0.15) is 50.3 Å². The lowest BCUT2D eigenvalue weighted by Gasteiger charge is -2.33. The van der Waals surface area contributed by atoms with E-state index in [0.29, 0.717) is 18.4 Å². The Morgan fingerprint density at radius 3 is 2.91 bits per heavy atom. The number of para-hydroxylation sites is 2. The molecule has 0 bridgehead atoms. The van der Waals surface area contributed by atoms with Gasteiger partial charge in [-0.05, 0) is 43.7 Å². The van der Waals surface area contributed by atoms with E-state index in [1.54, 1.807) is 0 Å². The maximum atomic E-state index is 5.99. The molecule has 4 rings (SSSR count). The van der Waals surface area contributed by atoms with Crippen LogP contribution in [0.2, 0.25) is 0 Å². The highest BCUT2D eigenvalue weighted by Gasteiger charge is 2.29. The Morgan fingerprint density at radius 2 is 2.09 bits per heavy atom.